The lowest BCUT2D eigenvalue weighted by Gasteiger charge is -2.06. The maximum absolute atomic E-state index is 14.6. The number of methoxy groups -OCH3 is 1. The van der Waals surface area contributed by atoms with Crippen molar-refractivity contribution in [3.63, 3.8) is 0 Å². The molecule has 1 N–H and O–H groups in total. The van der Waals surface area contributed by atoms with Gasteiger partial charge in [0.25, 0.3) is 0 Å². The number of carbonyl (C=O) groups excluding carboxylic acids is 2. The van der Waals surface area contributed by atoms with E-state index in [-0.39, 0.29) is 17.8 Å². The number of aryl methyl sites for hydroxylation is 1. The van der Waals surface area contributed by atoms with Crippen LogP contribution in [0.1, 0.15) is 34.2 Å². The van der Waals surface area contributed by atoms with Gasteiger partial charge in [-0.05, 0) is 30.2 Å². The predicted molar refractivity (Wildman–Crippen MR) is 96.0 cm³/mol. The fraction of sp³-hybridized carbons (Fsp3) is 0.211. The molecule has 3 aromatic rings. The van der Waals surface area contributed by atoms with Crippen molar-refractivity contribution >= 4 is 34.3 Å². The number of aromatic amines is 1. The zero-order valence-corrected chi connectivity index (χ0v) is 15.0. The maximum atomic E-state index is 14.6. The summed E-state index contributed by atoms with van der Waals surface area (Å²) in [4.78, 5) is 31.6. The van der Waals surface area contributed by atoms with Gasteiger partial charge in [-0.2, -0.15) is 0 Å². The van der Waals surface area contributed by atoms with Gasteiger partial charge >= 0.3 is 5.97 Å². The molecule has 0 spiro atoms. The van der Waals surface area contributed by atoms with Gasteiger partial charge in [-0.1, -0.05) is 24.6 Å². The number of ether oxygens (including phenoxy) is 1. The van der Waals surface area contributed by atoms with E-state index < -0.39 is 17.6 Å². The van der Waals surface area contributed by atoms with Gasteiger partial charge in [0.1, 0.15) is 5.69 Å². The van der Waals surface area contributed by atoms with Crippen LogP contribution in [0, 0.1) is 5.82 Å². The number of aromatic nitrogens is 2. The lowest BCUT2D eigenvalue weighted by atomic mass is 10.0. The van der Waals surface area contributed by atoms with Gasteiger partial charge in [0.2, 0.25) is 5.78 Å². The molecule has 1 aromatic carbocycles. The molecule has 2 heterocycles. The third kappa shape index (κ3) is 3.20. The number of hydrogen-bond acceptors (Lipinski definition) is 4. The predicted octanol–water partition coefficient (Wildman–Crippen LogP) is 3.86. The van der Waals surface area contributed by atoms with Crippen LogP contribution in [0.4, 0.5) is 4.39 Å². The van der Waals surface area contributed by atoms with Crippen LogP contribution >= 0.6 is 11.6 Å². The Bertz CT molecular complexity index is 1010. The minimum Gasteiger partial charge on any atom is -0.469 e. The number of fused-ring (bicyclic) bond motifs is 1. The Morgan fingerprint density at radius 3 is 2.77 bits per heavy atom. The summed E-state index contributed by atoms with van der Waals surface area (Å²) < 4.78 is 19.3. The molecule has 0 aliphatic rings. The van der Waals surface area contributed by atoms with E-state index in [1.165, 1.54) is 19.4 Å². The molecule has 3 rings (SSSR count). The fourth-order valence-electron chi connectivity index (χ4n) is 2.86. The number of pyridine rings is 1. The van der Waals surface area contributed by atoms with E-state index in [0.717, 1.165) is 0 Å². The van der Waals surface area contributed by atoms with E-state index in [2.05, 4.69) is 9.97 Å². The molecule has 0 saturated carbocycles. The molecule has 0 aliphatic carbocycles. The Kier molecular flexibility index (Phi) is 5.04. The molecule has 2 aromatic heterocycles. The van der Waals surface area contributed by atoms with Crippen LogP contribution in [0.15, 0.2) is 30.5 Å². The van der Waals surface area contributed by atoms with Crippen LogP contribution in [0.5, 0.6) is 0 Å². The summed E-state index contributed by atoms with van der Waals surface area (Å²) in [5.41, 5.74) is 1.22. The lowest BCUT2D eigenvalue weighted by Crippen LogP contribution is -2.13. The molecule has 0 aliphatic heterocycles. The Balaban J connectivity index is 2.18. The summed E-state index contributed by atoms with van der Waals surface area (Å²) in [7, 11) is 1.27. The van der Waals surface area contributed by atoms with Crippen LogP contribution in [0.25, 0.3) is 10.9 Å². The molecule has 0 atom stereocenters. The second-order valence-corrected chi connectivity index (χ2v) is 6.17. The van der Waals surface area contributed by atoms with Gasteiger partial charge in [0.05, 0.1) is 19.2 Å². The van der Waals surface area contributed by atoms with E-state index in [1.54, 1.807) is 25.1 Å². The zero-order valence-electron chi connectivity index (χ0n) is 14.2. The number of benzene rings is 1. The third-order valence-electron chi connectivity index (χ3n) is 4.21. The zero-order chi connectivity index (χ0) is 18.8. The van der Waals surface area contributed by atoms with Crippen LogP contribution in [-0.4, -0.2) is 28.8 Å². The quantitative estimate of drug-likeness (QED) is 0.543. The summed E-state index contributed by atoms with van der Waals surface area (Å²) in [5.74, 6) is -1.78. The van der Waals surface area contributed by atoms with Crippen molar-refractivity contribution in [3.8, 4) is 0 Å². The second-order valence-electron chi connectivity index (χ2n) is 5.74. The lowest BCUT2D eigenvalue weighted by molar-refractivity contribution is -0.139. The third-order valence-corrected chi connectivity index (χ3v) is 4.44. The van der Waals surface area contributed by atoms with Crippen LogP contribution in [-0.2, 0) is 22.4 Å². The normalized spacial score (nSPS) is 10.9. The van der Waals surface area contributed by atoms with Crippen molar-refractivity contribution in [2.45, 2.75) is 19.8 Å². The topological polar surface area (TPSA) is 72.0 Å². The van der Waals surface area contributed by atoms with Gasteiger partial charge in [0, 0.05) is 27.7 Å². The monoisotopic (exact) mass is 374 g/mol. The van der Waals surface area contributed by atoms with Crippen molar-refractivity contribution in [3.05, 3.63) is 63.8 Å². The van der Waals surface area contributed by atoms with Gasteiger partial charge in [-0.15, -0.1) is 0 Å². The molecule has 134 valence electrons. The number of H-pyrrole nitrogens is 1. The number of halogens is 2. The largest absolute Gasteiger partial charge is 0.469 e. The molecule has 7 heteroatoms. The van der Waals surface area contributed by atoms with Crippen molar-refractivity contribution in [1.29, 1.82) is 0 Å². The van der Waals surface area contributed by atoms with E-state index in [4.69, 9.17) is 16.3 Å². The number of esters is 1. The molecule has 0 bridgehead atoms. The number of ketones is 1. The summed E-state index contributed by atoms with van der Waals surface area (Å²) >= 11 is 6.01. The smallest absolute Gasteiger partial charge is 0.310 e. The number of carbonyl (C=O) groups is 2. The fourth-order valence-corrected chi connectivity index (χ4v) is 3.03. The average Bonchev–Trinajstić information content (AvgIpc) is 2.98. The Labute approximate surface area is 154 Å². The van der Waals surface area contributed by atoms with Crippen molar-refractivity contribution in [2.75, 3.05) is 7.11 Å². The van der Waals surface area contributed by atoms with Crippen LogP contribution in [0.3, 0.4) is 0 Å². The van der Waals surface area contributed by atoms with E-state index in [9.17, 15) is 14.0 Å². The number of nitrogens with one attached hydrogen (secondary N) is 1. The van der Waals surface area contributed by atoms with Gasteiger partial charge in [-0.3, -0.25) is 9.59 Å². The maximum Gasteiger partial charge on any atom is 0.310 e. The SMILES string of the molecule is CCc1ccnc(C(=O)c2[nH]c3cc(Cl)ccc3c2CC(=O)OC)c1F. The molecular weight excluding hydrogens is 359 g/mol. The first-order valence-corrected chi connectivity index (χ1v) is 8.39. The van der Waals surface area contributed by atoms with Crippen LogP contribution < -0.4 is 0 Å². The van der Waals surface area contributed by atoms with E-state index >= 15 is 0 Å². The van der Waals surface area contributed by atoms with Crippen molar-refractivity contribution in [2.24, 2.45) is 0 Å². The minimum absolute atomic E-state index is 0.104. The molecule has 0 radical (unpaired) electrons. The minimum atomic E-state index is -0.652. The Hall–Kier alpha value is -2.73. The molecule has 0 amide bonds. The Morgan fingerprint density at radius 1 is 1.31 bits per heavy atom. The highest BCUT2D eigenvalue weighted by molar-refractivity contribution is 6.31. The standard InChI is InChI=1S/C19H16ClFN2O3/c1-3-10-6-7-22-18(16(10)21)19(25)17-13(9-15(24)26-2)12-5-4-11(20)8-14(12)23-17/h4-8,23H,3,9H2,1-2H3. The average molecular weight is 375 g/mol. The highest BCUT2D eigenvalue weighted by Gasteiger charge is 2.25. The molecule has 5 nitrogen and oxygen atoms in total. The number of hydrogen-bond donors (Lipinski definition) is 1. The molecule has 0 fully saturated rings. The molecular formula is C19H16ClFN2O3. The second kappa shape index (κ2) is 7.25. The number of rotatable bonds is 5. The van der Waals surface area contributed by atoms with Crippen molar-refractivity contribution < 1.29 is 18.7 Å². The van der Waals surface area contributed by atoms with Gasteiger partial charge < -0.3 is 9.72 Å². The van der Waals surface area contributed by atoms with E-state index in [0.29, 0.717) is 33.5 Å². The van der Waals surface area contributed by atoms with Crippen LogP contribution in [0.2, 0.25) is 5.02 Å². The summed E-state index contributed by atoms with van der Waals surface area (Å²) in [6.45, 7) is 1.79. The highest BCUT2D eigenvalue weighted by atomic mass is 35.5. The van der Waals surface area contributed by atoms with Gasteiger partial charge in [0.15, 0.2) is 5.82 Å². The van der Waals surface area contributed by atoms with E-state index in [1.807, 2.05) is 0 Å². The molecule has 26 heavy (non-hydrogen) atoms. The molecule has 0 unspecified atom stereocenters. The highest BCUT2D eigenvalue weighted by Crippen LogP contribution is 2.28. The summed E-state index contributed by atoms with van der Waals surface area (Å²) in [5, 5.41) is 1.12. The first-order valence-electron chi connectivity index (χ1n) is 8.01. The molecule has 0 saturated heterocycles. The Morgan fingerprint density at radius 2 is 2.08 bits per heavy atom. The number of nitrogens with zero attached hydrogens (tertiary/aromatic N) is 1. The summed E-state index contributed by atoms with van der Waals surface area (Å²) in [6, 6.07) is 6.53. The van der Waals surface area contributed by atoms with Gasteiger partial charge in [-0.25, -0.2) is 9.37 Å². The first-order chi connectivity index (χ1) is 12.5. The first kappa shape index (κ1) is 18.1. The summed E-state index contributed by atoms with van der Waals surface area (Å²) in [6.07, 6.45) is 1.70. The van der Waals surface area contributed by atoms with Crippen molar-refractivity contribution in [1.82, 2.24) is 9.97 Å².